The Kier molecular flexibility index (Phi) is 5.41. The van der Waals surface area contributed by atoms with Crippen LogP contribution in [0.2, 0.25) is 0 Å². The van der Waals surface area contributed by atoms with E-state index in [1.54, 1.807) is 14.2 Å². The third-order valence-electron chi connectivity index (χ3n) is 3.65. The van der Waals surface area contributed by atoms with Crippen molar-refractivity contribution in [2.75, 3.05) is 14.2 Å². The molecule has 1 N–H and O–H groups in total. The van der Waals surface area contributed by atoms with Gasteiger partial charge in [0.25, 0.3) is 0 Å². The molecule has 0 aliphatic rings. The maximum atomic E-state index is 10.9. The normalized spacial score (nSPS) is 11.2. The van der Waals surface area contributed by atoms with Gasteiger partial charge in [0.15, 0.2) is 11.5 Å². The monoisotopic (exact) mass is 312 g/mol. The van der Waals surface area contributed by atoms with Gasteiger partial charge in [-0.3, -0.25) is 0 Å². The van der Waals surface area contributed by atoms with Crippen LogP contribution in [0.4, 0.5) is 0 Å². The predicted octanol–water partition coefficient (Wildman–Crippen LogP) is 4.25. The quantitative estimate of drug-likeness (QED) is 0.810. The highest BCUT2D eigenvalue weighted by molar-refractivity contribution is 5.90. The van der Waals surface area contributed by atoms with Crippen molar-refractivity contribution in [3.05, 3.63) is 54.1 Å². The summed E-state index contributed by atoms with van der Waals surface area (Å²) in [5, 5.41) is 8.91. The highest BCUT2D eigenvalue weighted by Gasteiger charge is 2.07. The summed E-state index contributed by atoms with van der Waals surface area (Å²) in [4.78, 5) is 10.9. The number of methoxy groups -OCH3 is 2. The van der Waals surface area contributed by atoms with Crippen molar-refractivity contribution in [2.45, 2.75) is 13.3 Å². The summed E-state index contributed by atoms with van der Waals surface area (Å²) >= 11 is 0. The van der Waals surface area contributed by atoms with E-state index in [9.17, 15) is 4.79 Å². The van der Waals surface area contributed by atoms with Gasteiger partial charge in [0, 0.05) is 6.08 Å². The largest absolute Gasteiger partial charge is 0.493 e. The van der Waals surface area contributed by atoms with Gasteiger partial charge in [-0.05, 0) is 40.8 Å². The van der Waals surface area contributed by atoms with Gasteiger partial charge in [0.1, 0.15) is 0 Å². The lowest BCUT2D eigenvalue weighted by Gasteiger charge is -2.10. The average molecular weight is 312 g/mol. The number of benzene rings is 2. The lowest BCUT2D eigenvalue weighted by atomic mass is 9.98. The maximum absolute atomic E-state index is 10.9. The van der Waals surface area contributed by atoms with E-state index in [2.05, 4.69) is 0 Å². The molecule has 0 saturated heterocycles. The number of allylic oxidation sites excluding steroid dienone is 1. The van der Waals surface area contributed by atoms with Gasteiger partial charge >= 0.3 is 5.97 Å². The Hall–Kier alpha value is -2.75. The number of aliphatic carboxylic acids is 1. The van der Waals surface area contributed by atoms with Crippen LogP contribution in [0.3, 0.4) is 0 Å². The lowest BCUT2D eigenvalue weighted by molar-refractivity contribution is -0.131. The van der Waals surface area contributed by atoms with Crippen LogP contribution in [-0.4, -0.2) is 25.3 Å². The molecule has 0 atom stereocenters. The first-order chi connectivity index (χ1) is 11.1. The molecule has 2 rings (SSSR count). The van der Waals surface area contributed by atoms with E-state index in [4.69, 9.17) is 14.6 Å². The Morgan fingerprint density at radius 2 is 1.61 bits per heavy atom. The zero-order valence-corrected chi connectivity index (χ0v) is 13.5. The Labute approximate surface area is 136 Å². The average Bonchev–Trinajstić information content (AvgIpc) is 2.59. The second kappa shape index (κ2) is 7.49. The Bertz CT molecular complexity index is 715. The van der Waals surface area contributed by atoms with Crippen molar-refractivity contribution in [3.63, 3.8) is 0 Å². The van der Waals surface area contributed by atoms with Crippen molar-refractivity contribution in [3.8, 4) is 22.6 Å². The molecule has 120 valence electrons. The van der Waals surface area contributed by atoms with Crippen LogP contribution in [0.15, 0.2) is 48.5 Å². The van der Waals surface area contributed by atoms with Gasteiger partial charge < -0.3 is 14.6 Å². The van der Waals surface area contributed by atoms with Gasteiger partial charge in [-0.1, -0.05) is 37.3 Å². The fourth-order valence-corrected chi connectivity index (χ4v) is 2.43. The van der Waals surface area contributed by atoms with Crippen LogP contribution in [0.25, 0.3) is 16.7 Å². The van der Waals surface area contributed by atoms with E-state index in [1.807, 2.05) is 49.4 Å². The summed E-state index contributed by atoms with van der Waals surface area (Å²) in [5.74, 6) is 0.436. The number of hydrogen-bond acceptors (Lipinski definition) is 3. The number of carboxylic acid groups (broad SMARTS) is 1. The molecule has 23 heavy (non-hydrogen) atoms. The van der Waals surface area contributed by atoms with E-state index < -0.39 is 5.97 Å². The molecule has 0 saturated carbocycles. The molecule has 0 aromatic heterocycles. The summed E-state index contributed by atoms with van der Waals surface area (Å²) < 4.78 is 10.6. The summed E-state index contributed by atoms with van der Waals surface area (Å²) in [6.07, 6.45) is 1.92. The molecule has 4 heteroatoms. The summed E-state index contributed by atoms with van der Waals surface area (Å²) in [7, 11) is 3.21. The second-order valence-corrected chi connectivity index (χ2v) is 5.01. The van der Waals surface area contributed by atoms with E-state index in [-0.39, 0.29) is 0 Å². The van der Waals surface area contributed by atoms with E-state index in [0.717, 1.165) is 22.3 Å². The smallest absolute Gasteiger partial charge is 0.328 e. The minimum absolute atomic E-state index is 0.669. The summed E-state index contributed by atoms with van der Waals surface area (Å²) in [6, 6.07) is 13.6. The highest BCUT2D eigenvalue weighted by Crippen LogP contribution is 2.32. The molecule has 0 spiro atoms. The SMILES string of the molecule is CC/C(=C\C(=O)O)c1ccc(-c2ccc(OC)c(OC)c2)cc1. The van der Waals surface area contributed by atoms with Gasteiger partial charge in [-0.15, -0.1) is 0 Å². The Morgan fingerprint density at radius 1 is 1.00 bits per heavy atom. The fraction of sp³-hybridized carbons (Fsp3) is 0.211. The number of hydrogen-bond donors (Lipinski definition) is 1. The van der Waals surface area contributed by atoms with Crippen molar-refractivity contribution in [2.24, 2.45) is 0 Å². The molecular weight excluding hydrogens is 292 g/mol. The molecule has 2 aromatic carbocycles. The molecule has 0 aliphatic carbocycles. The van der Waals surface area contributed by atoms with Crippen LogP contribution in [0.5, 0.6) is 11.5 Å². The Morgan fingerprint density at radius 3 is 2.13 bits per heavy atom. The van der Waals surface area contributed by atoms with Gasteiger partial charge in [-0.2, -0.15) is 0 Å². The van der Waals surface area contributed by atoms with Crippen molar-refractivity contribution < 1.29 is 19.4 Å². The lowest BCUT2D eigenvalue weighted by Crippen LogP contribution is -1.92. The molecule has 0 unspecified atom stereocenters. The third kappa shape index (κ3) is 3.92. The van der Waals surface area contributed by atoms with E-state index in [0.29, 0.717) is 17.9 Å². The maximum Gasteiger partial charge on any atom is 0.328 e. The molecule has 0 aliphatic heterocycles. The molecule has 2 aromatic rings. The van der Waals surface area contributed by atoms with Crippen LogP contribution >= 0.6 is 0 Å². The van der Waals surface area contributed by atoms with Gasteiger partial charge in [0.2, 0.25) is 0 Å². The van der Waals surface area contributed by atoms with Crippen LogP contribution in [0.1, 0.15) is 18.9 Å². The summed E-state index contributed by atoms with van der Waals surface area (Å²) in [5.41, 5.74) is 3.76. The summed E-state index contributed by atoms with van der Waals surface area (Å²) in [6.45, 7) is 1.94. The zero-order valence-electron chi connectivity index (χ0n) is 13.5. The van der Waals surface area contributed by atoms with E-state index in [1.165, 1.54) is 6.08 Å². The highest BCUT2D eigenvalue weighted by atomic mass is 16.5. The molecule has 0 amide bonds. The van der Waals surface area contributed by atoms with Gasteiger partial charge in [0.05, 0.1) is 14.2 Å². The molecule has 0 fully saturated rings. The number of carbonyl (C=O) groups is 1. The number of carboxylic acids is 1. The van der Waals surface area contributed by atoms with Crippen LogP contribution in [0, 0.1) is 0 Å². The second-order valence-electron chi connectivity index (χ2n) is 5.01. The first-order valence-electron chi connectivity index (χ1n) is 7.35. The number of ether oxygens (including phenoxy) is 2. The molecular formula is C19H20O4. The standard InChI is InChI=1S/C19H20O4/c1-4-13(12-19(20)21)14-5-7-15(8-6-14)16-9-10-17(22-2)18(11-16)23-3/h5-12H,4H2,1-3H3,(H,20,21)/b13-12+. The molecule has 4 nitrogen and oxygen atoms in total. The van der Waals surface area contributed by atoms with Crippen molar-refractivity contribution >= 4 is 11.5 Å². The first-order valence-corrected chi connectivity index (χ1v) is 7.35. The topological polar surface area (TPSA) is 55.8 Å². The van der Waals surface area contributed by atoms with Crippen LogP contribution in [-0.2, 0) is 4.79 Å². The van der Waals surface area contributed by atoms with E-state index >= 15 is 0 Å². The van der Waals surface area contributed by atoms with Crippen molar-refractivity contribution in [1.82, 2.24) is 0 Å². The number of rotatable bonds is 6. The third-order valence-corrected chi connectivity index (χ3v) is 3.65. The molecule has 0 bridgehead atoms. The van der Waals surface area contributed by atoms with Crippen molar-refractivity contribution in [1.29, 1.82) is 0 Å². The minimum atomic E-state index is -0.925. The zero-order chi connectivity index (χ0) is 16.8. The van der Waals surface area contributed by atoms with Gasteiger partial charge in [-0.25, -0.2) is 4.79 Å². The molecule has 0 radical (unpaired) electrons. The Balaban J connectivity index is 2.34. The minimum Gasteiger partial charge on any atom is -0.493 e. The molecule has 0 heterocycles. The fourth-order valence-electron chi connectivity index (χ4n) is 2.43. The predicted molar refractivity (Wildman–Crippen MR) is 90.9 cm³/mol. The first kappa shape index (κ1) is 16.6. The van der Waals surface area contributed by atoms with Crippen LogP contribution < -0.4 is 9.47 Å².